The van der Waals surface area contributed by atoms with Crippen molar-refractivity contribution in [2.45, 2.75) is 27.7 Å². The zero-order chi connectivity index (χ0) is 19.7. The number of aryl methyl sites for hydroxylation is 4. The van der Waals surface area contributed by atoms with E-state index in [-0.39, 0.29) is 5.91 Å². The minimum absolute atomic E-state index is 0.0165. The monoisotopic (exact) mass is 381 g/mol. The van der Waals surface area contributed by atoms with E-state index in [0.29, 0.717) is 6.54 Å². The van der Waals surface area contributed by atoms with Gasteiger partial charge in [-0.05, 0) is 70.6 Å². The number of carbonyl (C=O) groups excluding carboxylic acids is 1. The average molecular weight is 382 g/mol. The van der Waals surface area contributed by atoms with Gasteiger partial charge in [0, 0.05) is 18.7 Å². The van der Waals surface area contributed by atoms with Crippen LogP contribution in [0.4, 0.5) is 5.13 Å². The van der Waals surface area contributed by atoms with Crippen LogP contribution in [-0.4, -0.2) is 43.0 Å². The summed E-state index contributed by atoms with van der Waals surface area (Å²) in [7, 11) is 4.04. The standard InChI is InChI=1S/C22H27N3OS/c1-14-7-8-18(16(3)11-14)21(26)25(10-9-24(5)6)22-23-20-17(4)12-15(2)13-19(20)27-22/h7-8,11-13H,9-10H2,1-6H3. The largest absolute Gasteiger partial charge is 0.308 e. The predicted octanol–water partition coefficient (Wildman–Crippen LogP) is 4.74. The van der Waals surface area contributed by atoms with E-state index in [2.05, 4.69) is 36.9 Å². The van der Waals surface area contributed by atoms with Crippen molar-refractivity contribution >= 4 is 32.6 Å². The van der Waals surface area contributed by atoms with Crippen molar-refractivity contribution in [3.8, 4) is 0 Å². The van der Waals surface area contributed by atoms with Crippen LogP contribution in [0.2, 0.25) is 0 Å². The Labute approximate surface area is 165 Å². The lowest BCUT2D eigenvalue weighted by molar-refractivity contribution is 0.0984. The van der Waals surface area contributed by atoms with E-state index in [1.54, 1.807) is 11.3 Å². The summed E-state index contributed by atoms with van der Waals surface area (Å²) in [6.07, 6.45) is 0. The van der Waals surface area contributed by atoms with Crippen molar-refractivity contribution in [3.63, 3.8) is 0 Å². The van der Waals surface area contributed by atoms with Gasteiger partial charge in [-0.1, -0.05) is 35.1 Å². The van der Waals surface area contributed by atoms with Gasteiger partial charge in [-0.2, -0.15) is 0 Å². The molecule has 142 valence electrons. The van der Waals surface area contributed by atoms with Gasteiger partial charge in [0.25, 0.3) is 5.91 Å². The molecular formula is C22H27N3OS. The second kappa shape index (κ2) is 7.79. The van der Waals surface area contributed by atoms with E-state index >= 15 is 0 Å². The van der Waals surface area contributed by atoms with Gasteiger partial charge in [0.15, 0.2) is 5.13 Å². The van der Waals surface area contributed by atoms with Crippen molar-refractivity contribution in [2.75, 3.05) is 32.1 Å². The molecule has 0 aliphatic heterocycles. The van der Waals surface area contributed by atoms with Crippen LogP contribution in [0.5, 0.6) is 0 Å². The van der Waals surface area contributed by atoms with Gasteiger partial charge < -0.3 is 4.90 Å². The van der Waals surface area contributed by atoms with Crippen molar-refractivity contribution in [1.82, 2.24) is 9.88 Å². The van der Waals surface area contributed by atoms with E-state index < -0.39 is 0 Å². The molecule has 0 saturated heterocycles. The molecule has 0 spiro atoms. The number of rotatable bonds is 5. The average Bonchev–Trinajstić information content (AvgIpc) is 2.98. The number of nitrogens with zero attached hydrogens (tertiary/aromatic N) is 3. The summed E-state index contributed by atoms with van der Waals surface area (Å²) in [6, 6.07) is 10.3. The molecule has 2 aromatic carbocycles. The number of amides is 1. The molecule has 0 radical (unpaired) electrons. The first-order valence-corrected chi connectivity index (χ1v) is 9.99. The van der Waals surface area contributed by atoms with Gasteiger partial charge in [-0.25, -0.2) is 4.98 Å². The van der Waals surface area contributed by atoms with Gasteiger partial charge in [-0.15, -0.1) is 0 Å². The third kappa shape index (κ3) is 4.20. The van der Waals surface area contributed by atoms with Crippen LogP contribution in [0.1, 0.15) is 32.6 Å². The van der Waals surface area contributed by atoms with Crippen molar-refractivity contribution in [1.29, 1.82) is 0 Å². The number of anilines is 1. The molecule has 0 atom stereocenters. The molecular weight excluding hydrogens is 354 g/mol. The topological polar surface area (TPSA) is 36.4 Å². The Morgan fingerprint density at radius 1 is 0.963 bits per heavy atom. The summed E-state index contributed by atoms with van der Waals surface area (Å²) < 4.78 is 1.13. The maximum Gasteiger partial charge on any atom is 0.260 e. The summed E-state index contributed by atoms with van der Waals surface area (Å²) in [5, 5.41) is 0.769. The Morgan fingerprint density at radius 3 is 2.33 bits per heavy atom. The number of benzene rings is 2. The zero-order valence-electron chi connectivity index (χ0n) is 17.0. The normalized spacial score (nSPS) is 11.4. The molecule has 0 aliphatic carbocycles. The second-order valence-electron chi connectivity index (χ2n) is 7.50. The van der Waals surface area contributed by atoms with Crippen molar-refractivity contribution < 1.29 is 4.79 Å². The molecule has 1 amide bonds. The number of hydrogen-bond acceptors (Lipinski definition) is 4. The fraction of sp³-hybridized carbons (Fsp3) is 0.364. The van der Waals surface area contributed by atoms with Gasteiger partial charge >= 0.3 is 0 Å². The summed E-state index contributed by atoms with van der Waals surface area (Å²) in [6.45, 7) is 9.60. The molecule has 1 aromatic heterocycles. The highest BCUT2D eigenvalue weighted by Gasteiger charge is 2.23. The Hall–Kier alpha value is -2.24. The van der Waals surface area contributed by atoms with Gasteiger partial charge in [0.05, 0.1) is 10.2 Å². The third-order valence-corrected chi connectivity index (χ3v) is 5.70. The van der Waals surface area contributed by atoms with Crippen LogP contribution in [0.15, 0.2) is 30.3 Å². The lowest BCUT2D eigenvalue weighted by Crippen LogP contribution is -2.37. The lowest BCUT2D eigenvalue weighted by atomic mass is 10.0. The van der Waals surface area contributed by atoms with E-state index in [9.17, 15) is 4.79 Å². The number of carbonyl (C=O) groups is 1. The Bertz CT molecular complexity index is 991. The molecule has 4 nitrogen and oxygen atoms in total. The van der Waals surface area contributed by atoms with Crippen molar-refractivity contribution in [2.24, 2.45) is 0 Å². The van der Waals surface area contributed by atoms with Crippen LogP contribution in [0.25, 0.3) is 10.2 Å². The molecule has 0 N–H and O–H groups in total. The molecule has 5 heteroatoms. The van der Waals surface area contributed by atoms with Crippen LogP contribution >= 0.6 is 11.3 Å². The number of likely N-dealkylation sites (N-methyl/N-ethyl adjacent to an activating group) is 1. The van der Waals surface area contributed by atoms with Crippen LogP contribution < -0.4 is 4.90 Å². The van der Waals surface area contributed by atoms with E-state index in [1.165, 1.54) is 5.56 Å². The summed E-state index contributed by atoms with van der Waals surface area (Å²) in [5.41, 5.74) is 6.27. The number of hydrogen-bond donors (Lipinski definition) is 0. The minimum Gasteiger partial charge on any atom is -0.308 e. The van der Waals surface area contributed by atoms with E-state index in [0.717, 1.165) is 44.1 Å². The first-order valence-electron chi connectivity index (χ1n) is 9.18. The third-order valence-electron chi connectivity index (χ3n) is 4.68. The molecule has 1 heterocycles. The van der Waals surface area contributed by atoms with Crippen LogP contribution in [0.3, 0.4) is 0 Å². The lowest BCUT2D eigenvalue weighted by Gasteiger charge is -2.23. The molecule has 0 unspecified atom stereocenters. The maximum absolute atomic E-state index is 13.4. The fourth-order valence-corrected chi connectivity index (χ4v) is 4.42. The van der Waals surface area contributed by atoms with Crippen LogP contribution in [0, 0.1) is 27.7 Å². The summed E-state index contributed by atoms with van der Waals surface area (Å²) >= 11 is 1.59. The molecule has 3 rings (SSSR count). The minimum atomic E-state index is 0.0165. The van der Waals surface area contributed by atoms with Crippen molar-refractivity contribution in [3.05, 3.63) is 58.1 Å². The Morgan fingerprint density at radius 2 is 1.67 bits per heavy atom. The van der Waals surface area contributed by atoms with Gasteiger partial charge in [0.1, 0.15) is 0 Å². The molecule has 0 saturated carbocycles. The molecule has 27 heavy (non-hydrogen) atoms. The van der Waals surface area contributed by atoms with Crippen LogP contribution in [-0.2, 0) is 0 Å². The number of fused-ring (bicyclic) bond motifs is 1. The zero-order valence-corrected chi connectivity index (χ0v) is 17.8. The first-order chi connectivity index (χ1) is 12.8. The molecule has 0 aliphatic rings. The number of thiazole rings is 1. The fourth-order valence-electron chi connectivity index (χ4n) is 3.26. The first kappa shape index (κ1) is 19.5. The summed E-state index contributed by atoms with van der Waals surface area (Å²) in [5.74, 6) is 0.0165. The van der Waals surface area contributed by atoms with E-state index in [1.807, 2.05) is 45.0 Å². The second-order valence-corrected chi connectivity index (χ2v) is 8.51. The smallest absolute Gasteiger partial charge is 0.260 e. The van der Waals surface area contributed by atoms with Gasteiger partial charge in [-0.3, -0.25) is 9.69 Å². The molecule has 0 fully saturated rings. The van der Waals surface area contributed by atoms with E-state index in [4.69, 9.17) is 4.98 Å². The quantitative estimate of drug-likeness (QED) is 0.640. The number of aromatic nitrogens is 1. The SMILES string of the molecule is Cc1ccc(C(=O)N(CCN(C)C)c2nc3c(C)cc(C)cc3s2)c(C)c1. The Balaban J connectivity index is 2.05. The van der Waals surface area contributed by atoms with Gasteiger partial charge in [0.2, 0.25) is 0 Å². The highest BCUT2D eigenvalue weighted by atomic mass is 32.1. The highest BCUT2D eigenvalue weighted by Crippen LogP contribution is 2.32. The summed E-state index contributed by atoms with van der Waals surface area (Å²) in [4.78, 5) is 22.1. The maximum atomic E-state index is 13.4. The Kier molecular flexibility index (Phi) is 5.63. The predicted molar refractivity (Wildman–Crippen MR) is 115 cm³/mol. The molecule has 0 bridgehead atoms. The molecule has 3 aromatic rings. The highest BCUT2D eigenvalue weighted by molar-refractivity contribution is 7.22.